The summed E-state index contributed by atoms with van der Waals surface area (Å²) in [5, 5.41) is 2.50. The number of anilines is 3. The summed E-state index contributed by atoms with van der Waals surface area (Å²) in [6, 6.07) is 102. The Morgan fingerprint density at radius 2 is 0.768 bits per heavy atom. The van der Waals surface area contributed by atoms with Crippen molar-refractivity contribution < 1.29 is 0 Å². The number of fused-ring (bicyclic) bond motifs is 6. The van der Waals surface area contributed by atoms with Gasteiger partial charge in [-0.25, -0.2) is 0 Å². The van der Waals surface area contributed by atoms with Gasteiger partial charge in [0, 0.05) is 33.5 Å². The molecule has 0 saturated carbocycles. The molecule has 1 aromatic heterocycles. The van der Waals surface area contributed by atoms with E-state index in [1.54, 1.807) is 0 Å². The first-order valence-corrected chi connectivity index (χ1v) is 23.8. The summed E-state index contributed by atoms with van der Waals surface area (Å²) in [5.41, 5.74) is 21.0. The highest BCUT2D eigenvalue weighted by atomic mass is 15.1. The quantitative estimate of drug-likeness (QED) is 0.140. The van der Waals surface area contributed by atoms with E-state index in [1.165, 1.54) is 88.7 Å². The third-order valence-electron chi connectivity index (χ3n) is 14.3. The second-order valence-electron chi connectivity index (χ2n) is 18.1. The summed E-state index contributed by atoms with van der Waals surface area (Å²) < 4.78 is 2.37. The van der Waals surface area contributed by atoms with Gasteiger partial charge in [0.15, 0.2) is 0 Å². The molecule has 0 amide bonds. The molecule has 324 valence electrons. The molecule has 1 aliphatic rings. The Balaban J connectivity index is 0.930. The second-order valence-corrected chi connectivity index (χ2v) is 18.1. The Labute approximate surface area is 403 Å². The van der Waals surface area contributed by atoms with E-state index >= 15 is 0 Å². The molecule has 1 heterocycles. The minimum atomic E-state index is -0.514. The first-order chi connectivity index (χ1) is 34.2. The van der Waals surface area contributed by atoms with Crippen LogP contribution in [-0.2, 0) is 5.41 Å². The molecule has 2 heteroatoms. The lowest BCUT2D eigenvalue weighted by atomic mass is 9.67. The highest BCUT2D eigenvalue weighted by molar-refractivity contribution is 6.10. The molecule has 0 unspecified atom stereocenters. The summed E-state index contributed by atoms with van der Waals surface area (Å²) in [6.45, 7) is 0. The minimum Gasteiger partial charge on any atom is -0.310 e. The van der Waals surface area contributed by atoms with Crippen LogP contribution in [0.4, 0.5) is 17.1 Å². The summed E-state index contributed by atoms with van der Waals surface area (Å²) in [6.07, 6.45) is 0. The molecule has 69 heavy (non-hydrogen) atoms. The van der Waals surface area contributed by atoms with E-state index in [0.29, 0.717) is 0 Å². The highest BCUT2D eigenvalue weighted by Gasteiger charge is 2.46. The summed E-state index contributed by atoms with van der Waals surface area (Å²) >= 11 is 0. The van der Waals surface area contributed by atoms with Crippen LogP contribution in [0.25, 0.3) is 72.0 Å². The molecule has 12 aromatic rings. The lowest BCUT2D eigenvalue weighted by Crippen LogP contribution is -2.28. The fraction of sp³-hybridized carbons (Fsp3) is 0.0149. The molecule has 0 radical (unpaired) electrons. The number of rotatable bonds is 9. The monoisotopic (exact) mass is 878 g/mol. The molecule has 0 N–H and O–H groups in total. The Kier molecular flexibility index (Phi) is 9.77. The normalized spacial score (nSPS) is 12.5. The van der Waals surface area contributed by atoms with E-state index < -0.39 is 5.41 Å². The van der Waals surface area contributed by atoms with E-state index in [-0.39, 0.29) is 0 Å². The van der Waals surface area contributed by atoms with E-state index in [9.17, 15) is 0 Å². The molecule has 13 rings (SSSR count). The van der Waals surface area contributed by atoms with E-state index in [4.69, 9.17) is 0 Å². The van der Waals surface area contributed by atoms with Crippen LogP contribution in [0.3, 0.4) is 0 Å². The van der Waals surface area contributed by atoms with Gasteiger partial charge in [0.05, 0.1) is 16.4 Å². The smallest absolute Gasteiger partial charge is 0.0714 e. The zero-order valence-electron chi connectivity index (χ0n) is 38.0. The van der Waals surface area contributed by atoms with Crippen molar-refractivity contribution in [3.8, 4) is 50.2 Å². The number of hydrogen-bond acceptors (Lipinski definition) is 1. The van der Waals surface area contributed by atoms with Gasteiger partial charge < -0.3 is 9.47 Å². The van der Waals surface area contributed by atoms with Gasteiger partial charge in [-0.2, -0.15) is 0 Å². The summed E-state index contributed by atoms with van der Waals surface area (Å²) in [4.78, 5) is 2.43. The average Bonchev–Trinajstić information content (AvgIpc) is 3.92. The predicted octanol–water partition coefficient (Wildman–Crippen LogP) is 17.6. The molecule has 0 spiro atoms. The molecular weight excluding hydrogens is 833 g/mol. The highest BCUT2D eigenvalue weighted by Crippen LogP contribution is 2.57. The number of nitrogens with zero attached hydrogens (tertiary/aromatic N) is 2. The maximum Gasteiger partial charge on any atom is 0.0714 e. The lowest BCUT2D eigenvalue weighted by Gasteiger charge is -2.35. The van der Waals surface area contributed by atoms with Crippen molar-refractivity contribution in [1.82, 2.24) is 4.57 Å². The topological polar surface area (TPSA) is 8.17 Å². The zero-order valence-corrected chi connectivity index (χ0v) is 38.0. The Hall–Kier alpha value is -8.98. The van der Waals surface area contributed by atoms with Crippen LogP contribution >= 0.6 is 0 Å². The van der Waals surface area contributed by atoms with Crippen molar-refractivity contribution >= 4 is 38.9 Å². The summed E-state index contributed by atoms with van der Waals surface area (Å²) in [5.74, 6) is 0. The first-order valence-electron chi connectivity index (χ1n) is 23.8. The van der Waals surface area contributed by atoms with Crippen LogP contribution in [0.5, 0.6) is 0 Å². The van der Waals surface area contributed by atoms with Gasteiger partial charge in [0.2, 0.25) is 0 Å². The number of benzene rings is 11. The van der Waals surface area contributed by atoms with Gasteiger partial charge in [0.25, 0.3) is 0 Å². The van der Waals surface area contributed by atoms with Gasteiger partial charge in [-0.15, -0.1) is 0 Å². The van der Waals surface area contributed by atoms with E-state index in [0.717, 1.165) is 22.6 Å². The summed E-state index contributed by atoms with van der Waals surface area (Å²) in [7, 11) is 0. The molecule has 0 fully saturated rings. The molecule has 0 bridgehead atoms. The van der Waals surface area contributed by atoms with Crippen LogP contribution in [0.2, 0.25) is 0 Å². The first kappa shape index (κ1) is 40.3. The van der Waals surface area contributed by atoms with E-state index in [1.807, 2.05) is 0 Å². The van der Waals surface area contributed by atoms with Gasteiger partial charge in [-0.3, -0.25) is 0 Å². The third-order valence-corrected chi connectivity index (χ3v) is 14.3. The maximum absolute atomic E-state index is 2.45. The molecular formula is C67H46N2. The third kappa shape index (κ3) is 6.72. The Morgan fingerprint density at radius 3 is 1.51 bits per heavy atom. The van der Waals surface area contributed by atoms with Crippen molar-refractivity contribution in [2.45, 2.75) is 5.41 Å². The van der Waals surface area contributed by atoms with Crippen molar-refractivity contribution in [3.05, 3.63) is 301 Å². The van der Waals surface area contributed by atoms with Crippen molar-refractivity contribution in [2.75, 3.05) is 4.90 Å². The lowest BCUT2D eigenvalue weighted by molar-refractivity contribution is 0.768. The SMILES string of the molecule is c1ccc(-c2cccc(N(c3ccc(-c4cccc(-c5ccc6c(c5)c5ccccc5n6-c5ccccc5)c4)cc3)c3ccc4c(c3)C(c3ccccc3)(c3ccccc3)c3ccccc3-4)c2)cc1. The molecule has 0 atom stereocenters. The van der Waals surface area contributed by atoms with Gasteiger partial charge in [-0.1, -0.05) is 206 Å². The maximum atomic E-state index is 2.45. The number of aromatic nitrogens is 1. The molecule has 0 saturated heterocycles. The van der Waals surface area contributed by atoms with Gasteiger partial charge >= 0.3 is 0 Å². The fourth-order valence-electron chi connectivity index (χ4n) is 11.2. The second kappa shape index (κ2) is 16.7. The Bertz CT molecular complexity index is 3780. The minimum absolute atomic E-state index is 0.514. The van der Waals surface area contributed by atoms with Crippen LogP contribution < -0.4 is 4.90 Å². The number of hydrogen-bond donors (Lipinski definition) is 0. The van der Waals surface area contributed by atoms with Gasteiger partial charge in [0.1, 0.15) is 0 Å². The predicted molar refractivity (Wildman–Crippen MR) is 289 cm³/mol. The zero-order chi connectivity index (χ0) is 45.7. The molecule has 2 nitrogen and oxygen atoms in total. The van der Waals surface area contributed by atoms with E-state index in [2.05, 4.69) is 289 Å². The average molecular weight is 879 g/mol. The van der Waals surface area contributed by atoms with Crippen molar-refractivity contribution in [1.29, 1.82) is 0 Å². The number of para-hydroxylation sites is 2. The van der Waals surface area contributed by atoms with Crippen molar-refractivity contribution in [3.63, 3.8) is 0 Å². The molecule has 1 aliphatic carbocycles. The Morgan fingerprint density at radius 1 is 0.275 bits per heavy atom. The van der Waals surface area contributed by atoms with Crippen LogP contribution in [0, 0.1) is 0 Å². The van der Waals surface area contributed by atoms with Crippen LogP contribution in [-0.4, -0.2) is 4.57 Å². The van der Waals surface area contributed by atoms with Crippen LogP contribution in [0.1, 0.15) is 22.3 Å². The van der Waals surface area contributed by atoms with Crippen molar-refractivity contribution in [2.24, 2.45) is 0 Å². The van der Waals surface area contributed by atoms with Crippen LogP contribution in [0.15, 0.2) is 279 Å². The molecule has 11 aromatic carbocycles. The largest absolute Gasteiger partial charge is 0.310 e. The van der Waals surface area contributed by atoms with Gasteiger partial charge in [-0.05, 0) is 140 Å². The standard InChI is InChI=1S/C67H46N2/c1-5-19-47(20-6-1)51-23-18-30-57(44-51)68(58-40-41-60-59-31-13-15-33-63(59)67(64(60)46-58,53-24-7-2-8-25-53)54-26-9-3-10-27-54)56-38-35-48(36-39-56)49-21-17-22-50(43-49)52-37-42-66-62(45-52)61-32-14-16-34-65(61)69(66)55-28-11-4-12-29-55/h1-46H. The molecule has 0 aliphatic heterocycles. The fourth-order valence-corrected chi connectivity index (χ4v) is 11.2.